The Bertz CT molecular complexity index is 696. The number of primary amides is 1. The average Bonchev–Trinajstić information content (AvgIpc) is 3.14. The lowest BCUT2D eigenvalue weighted by molar-refractivity contribution is -0.132. The van der Waals surface area contributed by atoms with E-state index in [1.54, 1.807) is 0 Å². The number of benzene rings is 1. The minimum Gasteiger partial charge on any atom is -0.379 e. The largest absolute Gasteiger partial charge is 0.379 e. The molecule has 1 aromatic rings. The van der Waals surface area contributed by atoms with Gasteiger partial charge in [-0.1, -0.05) is 24.3 Å². The van der Waals surface area contributed by atoms with Gasteiger partial charge in [0.05, 0.1) is 18.1 Å². The summed E-state index contributed by atoms with van der Waals surface area (Å²) >= 11 is 0. The summed E-state index contributed by atoms with van der Waals surface area (Å²) in [5, 5.41) is 9.49. The molecule has 0 radical (unpaired) electrons. The molecule has 6 nitrogen and oxygen atoms in total. The van der Waals surface area contributed by atoms with Crippen LogP contribution < -0.4 is 5.73 Å². The second kappa shape index (κ2) is 7.36. The van der Waals surface area contributed by atoms with Crippen LogP contribution in [-0.2, 0) is 21.5 Å². The molecule has 2 aliphatic rings. The Morgan fingerprint density at radius 1 is 1.31 bits per heavy atom. The number of hydrogen-bond acceptors (Lipinski definition) is 5. The van der Waals surface area contributed by atoms with Crippen LogP contribution in [0.5, 0.6) is 0 Å². The van der Waals surface area contributed by atoms with E-state index in [4.69, 9.17) is 10.5 Å². The van der Waals surface area contributed by atoms with E-state index in [1.807, 2.05) is 32.0 Å². The third-order valence-electron chi connectivity index (χ3n) is 5.80. The van der Waals surface area contributed by atoms with Crippen molar-refractivity contribution in [1.82, 2.24) is 9.80 Å². The first-order valence-electron chi connectivity index (χ1n) is 9.24. The Hall–Kier alpha value is -1.94. The molecule has 2 N–H and O–H groups in total. The van der Waals surface area contributed by atoms with Gasteiger partial charge < -0.3 is 10.5 Å². The third-order valence-corrected chi connectivity index (χ3v) is 5.80. The number of carbonyl (C=O) groups is 1. The third kappa shape index (κ3) is 3.48. The van der Waals surface area contributed by atoms with Gasteiger partial charge >= 0.3 is 0 Å². The summed E-state index contributed by atoms with van der Waals surface area (Å²) in [6.45, 7) is 9.08. The van der Waals surface area contributed by atoms with E-state index in [1.165, 1.54) is 5.56 Å². The number of carbonyl (C=O) groups excluding carboxylic acids is 1. The zero-order valence-corrected chi connectivity index (χ0v) is 15.7. The Kier molecular flexibility index (Phi) is 5.33. The van der Waals surface area contributed by atoms with E-state index in [-0.39, 0.29) is 5.91 Å². The summed E-state index contributed by atoms with van der Waals surface area (Å²) in [7, 11) is 0. The van der Waals surface area contributed by atoms with Crippen molar-refractivity contribution >= 4 is 5.91 Å². The van der Waals surface area contributed by atoms with E-state index >= 15 is 0 Å². The average molecular weight is 356 g/mol. The standard InChI is InChI=1S/C20H28N4O2/c1-19(2,14-21)17-6-4-3-5-16(17)13-23-8-10-24(11-9-23)20(18(22)25)7-12-26-15-20/h3-6H,7-13,15H2,1-2H3,(H2,22,25). The molecule has 1 amide bonds. The van der Waals surface area contributed by atoms with Crippen LogP contribution in [0.25, 0.3) is 0 Å². The van der Waals surface area contributed by atoms with Crippen molar-refractivity contribution in [3.05, 3.63) is 35.4 Å². The number of nitriles is 1. The predicted molar refractivity (Wildman–Crippen MR) is 99.3 cm³/mol. The molecule has 2 fully saturated rings. The van der Waals surface area contributed by atoms with Crippen molar-refractivity contribution in [2.24, 2.45) is 5.73 Å². The van der Waals surface area contributed by atoms with Crippen LogP contribution in [-0.4, -0.2) is 60.6 Å². The van der Waals surface area contributed by atoms with Crippen molar-refractivity contribution in [1.29, 1.82) is 5.26 Å². The first kappa shape index (κ1) is 18.8. The molecule has 0 spiro atoms. The summed E-state index contributed by atoms with van der Waals surface area (Å²) < 4.78 is 5.48. The fourth-order valence-corrected chi connectivity index (χ4v) is 4.06. The van der Waals surface area contributed by atoms with E-state index in [0.29, 0.717) is 19.6 Å². The van der Waals surface area contributed by atoms with Gasteiger partial charge in [0.1, 0.15) is 5.54 Å². The lowest BCUT2D eigenvalue weighted by Crippen LogP contribution is -2.63. The van der Waals surface area contributed by atoms with Crippen LogP contribution in [0.3, 0.4) is 0 Å². The second-order valence-electron chi connectivity index (χ2n) is 7.86. The highest BCUT2D eigenvalue weighted by Crippen LogP contribution is 2.29. The van der Waals surface area contributed by atoms with Gasteiger partial charge in [0, 0.05) is 45.8 Å². The minimum atomic E-state index is -0.632. The monoisotopic (exact) mass is 356 g/mol. The summed E-state index contributed by atoms with van der Waals surface area (Å²) in [5.41, 5.74) is 6.85. The molecule has 1 aromatic carbocycles. The molecular weight excluding hydrogens is 328 g/mol. The molecule has 0 aliphatic carbocycles. The van der Waals surface area contributed by atoms with Crippen LogP contribution in [0, 0.1) is 11.3 Å². The molecule has 1 atom stereocenters. The van der Waals surface area contributed by atoms with Crippen LogP contribution in [0.2, 0.25) is 0 Å². The lowest BCUT2D eigenvalue weighted by Gasteiger charge is -2.43. The van der Waals surface area contributed by atoms with Gasteiger partial charge in [0.25, 0.3) is 0 Å². The van der Waals surface area contributed by atoms with Crippen molar-refractivity contribution in [2.45, 2.75) is 37.8 Å². The quantitative estimate of drug-likeness (QED) is 0.858. The molecule has 1 unspecified atom stereocenters. The van der Waals surface area contributed by atoms with Crippen molar-refractivity contribution in [2.75, 3.05) is 39.4 Å². The van der Waals surface area contributed by atoms with Crippen LogP contribution in [0.1, 0.15) is 31.4 Å². The van der Waals surface area contributed by atoms with Crippen LogP contribution >= 0.6 is 0 Å². The predicted octanol–water partition coefficient (Wildman–Crippen LogP) is 1.25. The van der Waals surface area contributed by atoms with Gasteiger partial charge in [-0.25, -0.2) is 0 Å². The van der Waals surface area contributed by atoms with Crippen molar-refractivity contribution < 1.29 is 9.53 Å². The molecule has 26 heavy (non-hydrogen) atoms. The lowest BCUT2D eigenvalue weighted by atomic mass is 9.83. The number of hydrogen-bond donors (Lipinski definition) is 1. The highest BCUT2D eigenvalue weighted by molar-refractivity contribution is 5.85. The Morgan fingerprint density at radius 3 is 2.58 bits per heavy atom. The smallest absolute Gasteiger partial charge is 0.240 e. The van der Waals surface area contributed by atoms with Crippen molar-refractivity contribution in [3.63, 3.8) is 0 Å². The number of nitrogens with two attached hydrogens (primary N) is 1. The molecule has 6 heteroatoms. The summed E-state index contributed by atoms with van der Waals surface area (Å²) in [6, 6.07) is 10.6. The number of amides is 1. The first-order valence-corrected chi connectivity index (χ1v) is 9.24. The van der Waals surface area contributed by atoms with Gasteiger partial charge in [0.2, 0.25) is 5.91 Å². The minimum absolute atomic E-state index is 0.274. The number of rotatable bonds is 5. The molecule has 0 bridgehead atoms. The summed E-state index contributed by atoms with van der Waals surface area (Å²) in [4.78, 5) is 16.6. The first-order chi connectivity index (χ1) is 12.4. The topological polar surface area (TPSA) is 82.6 Å². The summed E-state index contributed by atoms with van der Waals surface area (Å²) in [5.74, 6) is -0.274. The zero-order valence-electron chi connectivity index (χ0n) is 15.7. The van der Waals surface area contributed by atoms with E-state index in [2.05, 4.69) is 21.9 Å². The number of nitrogens with zero attached hydrogens (tertiary/aromatic N) is 3. The van der Waals surface area contributed by atoms with Gasteiger partial charge in [-0.15, -0.1) is 0 Å². The van der Waals surface area contributed by atoms with Crippen LogP contribution in [0.15, 0.2) is 24.3 Å². The Balaban J connectivity index is 1.67. The van der Waals surface area contributed by atoms with E-state index in [0.717, 1.165) is 38.3 Å². The molecule has 0 aromatic heterocycles. The molecule has 2 saturated heterocycles. The van der Waals surface area contributed by atoms with Gasteiger partial charge in [-0.2, -0.15) is 5.26 Å². The van der Waals surface area contributed by atoms with E-state index in [9.17, 15) is 10.1 Å². The zero-order chi connectivity index (χ0) is 18.8. The molecule has 2 heterocycles. The summed E-state index contributed by atoms with van der Waals surface area (Å²) in [6.07, 6.45) is 0.682. The van der Waals surface area contributed by atoms with E-state index < -0.39 is 11.0 Å². The molecule has 140 valence electrons. The number of ether oxygens (including phenoxy) is 1. The molecule has 0 saturated carbocycles. The van der Waals surface area contributed by atoms with Crippen molar-refractivity contribution in [3.8, 4) is 6.07 Å². The highest BCUT2D eigenvalue weighted by Gasteiger charge is 2.46. The maximum Gasteiger partial charge on any atom is 0.240 e. The maximum atomic E-state index is 12.0. The Labute approximate surface area is 155 Å². The number of piperazine rings is 1. The SMILES string of the molecule is CC(C)(C#N)c1ccccc1CN1CCN(C2(C(N)=O)CCOC2)CC1. The van der Waals surface area contributed by atoms with Crippen LogP contribution in [0.4, 0.5) is 0 Å². The maximum absolute atomic E-state index is 12.0. The molecule has 2 aliphatic heterocycles. The highest BCUT2D eigenvalue weighted by atomic mass is 16.5. The van der Waals surface area contributed by atoms with Gasteiger partial charge in [-0.05, 0) is 25.0 Å². The Morgan fingerprint density at radius 2 is 2.00 bits per heavy atom. The normalized spacial score (nSPS) is 25.1. The molecular formula is C20H28N4O2. The fraction of sp³-hybridized carbons (Fsp3) is 0.600. The second-order valence-corrected chi connectivity index (χ2v) is 7.86. The van der Waals surface area contributed by atoms with Gasteiger partial charge in [0.15, 0.2) is 0 Å². The molecule has 3 rings (SSSR count). The fourth-order valence-electron chi connectivity index (χ4n) is 4.06. The van der Waals surface area contributed by atoms with Gasteiger partial charge in [-0.3, -0.25) is 14.6 Å².